The molecule has 0 unspecified atom stereocenters. The summed E-state index contributed by atoms with van der Waals surface area (Å²) < 4.78 is 5.27. The molecule has 1 aromatic carbocycles. The van der Waals surface area contributed by atoms with Crippen LogP contribution in [-0.4, -0.2) is 5.97 Å². The Kier molecular flexibility index (Phi) is 2.28. The van der Waals surface area contributed by atoms with Crippen molar-refractivity contribution in [2.75, 3.05) is 0 Å². The predicted octanol–water partition coefficient (Wildman–Crippen LogP) is 2.80. The molecule has 0 heterocycles. The van der Waals surface area contributed by atoms with E-state index in [2.05, 4.69) is 13.0 Å². The van der Waals surface area contributed by atoms with Gasteiger partial charge >= 0.3 is 5.97 Å². The molecule has 14 heavy (non-hydrogen) atoms. The zero-order valence-corrected chi connectivity index (χ0v) is 8.49. The van der Waals surface area contributed by atoms with Crippen LogP contribution >= 0.6 is 0 Å². The number of carbonyl (C=O) groups is 1. The molecule has 0 aromatic heterocycles. The summed E-state index contributed by atoms with van der Waals surface area (Å²) in [5, 5.41) is 0. The van der Waals surface area contributed by atoms with Crippen molar-refractivity contribution >= 4 is 5.97 Å². The zero-order chi connectivity index (χ0) is 10.1. The molecule has 0 aliphatic heterocycles. The number of hydrogen-bond acceptors (Lipinski definition) is 2. The summed E-state index contributed by atoms with van der Waals surface area (Å²) in [6.07, 6.45) is 0.887. The van der Waals surface area contributed by atoms with Gasteiger partial charge in [0.2, 0.25) is 0 Å². The highest BCUT2D eigenvalue weighted by atomic mass is 16.5. The summed E-state index contributed by atoms with van der Waals surface area (Å²) in [6, 6.07) is 8.19. The molecule has 0 fully saturated rings. The molecule has 0 saturated carbocycles. The molecule has 0 bridgehead atoms. The second-order valence-electron chi connectivity index (χ2n) is 3.86. The minimum absolute atomic E-state index is 0.0290. The minimum Gasteiger partial charge on any atom is -0.458 e. The van der Waals surface area contributed by atoms with Crippen LogP contribution < -0.4 is 0 Å². The highest BCUT2D eigenvalue weighted by molar-refractivity contribution is 5.66. The largest absolute Gasteiger partial charge is 0.458 e. The number of fused-ring (bicyclic) bond motifs is 1. The maximum Gasteiger partial charge on any atom is 0.303 e. The van der Waals surface area contributed by atoms with Gasteiger partial charge < -0.3 is 4.74 Å². The van der Waals surface area contributed by atoms with Crippen LogP contribution in [0.4, 0.5) is 0 Å². The number of ether oxygens (including phenoxy) is 1. The summed E-state index contributed by atoms with van der Waals surface area (Å²) in [6.45, 7) is 3.63. The third kappa shape index (κ3) is 1.52. The minimum atomic E-state index is -0.195. The van der Waals surface area contributed by atoms with Crippen molar-refractivity contribution in [1.82, 2.24) is 0 Å². The standard InChI is InChI=1S/C12H14O2/c1-8-7-12(14-9(2)13)11-6-4-3-5-10(8)11/h3-6,8,12H,7H2,1-2H3/t8-,12+/m0/s1. The fourth-order valence-corrected chi connectivity index (χ4v) is 2.14. The fraction of sp³-hybridized carbons (Fsp3) is 0.417. The summed E-state index contributed by atoms with van der Waals surface area (Å²) in [5.41, 5.74) is 2.49. The van der Waals surface area contributed by atoms with E-state index in [-0.39, 0.29) is 12.1 Å². The SMILES string of the molecule is CC(=O)O[C@@H]1C[C@H](C)c2ccccc21. The van der Waals surface area contributed by atoms with Gasteiger partial charge in [0.1, 0.15) is 6.10 Å². The van der Waals surface area contributed by atoms with Gasteiger partial charge in [-0.15, -0.1) is 0 Å². The molecule has 1 aliphatic rings. The van der Waals surface area contributed by atoms with Gasteiger partial charge in [-0.25, -0.2) is 0 Å². The Morgan fingerprint density at radius 3 is 2.64 bits per heavy atom. The monoisotopic (exact) mass is 190 g/mol. The number of carbonyl (C=O) groups excluding carboxylic acids is 1. The van der Waals surface area contributed by atoms with Gasteiger partial charge in [-0.1, -0.05) is 31.2 Å². The molecule has 0 spiro atoms. The average molecular weight is 190 g/mol. The van der Waals surface area contributed by atoms with Gasteiger partial charge in [0.25, 0.3) is 0 Å². The van der Waals surface area contributed by atoms with Crippen molar-refractivity contribution in [3.05, 3.63) is 35.4 Å². The Balaban J connectivity index is 2.29. The first kappa shape index (κ1) is 9.25. The van der Waals surface area contributed by atoms with E-state index in [1.807, 2.05) is 18.2 Å². The first-order valence-corrected chi connectivity index (χ1v) is 4.94. The van der Waals surface area contributed by atoms with Crippen molar-refractivity contribution in [2.45, 2.75) is 32.3 Å². The molecule has 2 rings (SSSR count). The quantitative estimate of drug-likeness (QED) is 0.636. The third-order valence-corrected chi connectivity index (χ3v) is 2.75. The Morgan fingerprint density at radius 1 is 1.36 bits per heavy atom. The number of esters is 1. The van der Waals surface area contributed by atoms with Crippen LogP contribution in [0.1, 0.15) is 43.4 Å². The molecule has 1 aromatic rings. The van der Waals surface area contributed by atoms with Gasteiger partial charge in [0.15, 0.2) is 0 Å². The molecule has 2 atom stereocenters. The lowest BCUT2D eigenvalue weighted by molar-refractivity contribution is -0.146. The van der Waals surface area contributed by atoms with Crippen molar-refractivity contribution < 1.29 is 9.53 Å². The Labute approximate surface area is 83.9 Å². The normalized spacial score (nSPS) is 24.4. The molecule has 0 amide bonds. The topological polar surface area (TPSA) is 26.3 Å². The first-order chi connectivity index (χ1) is 6.68. The smallest absolute Gasteiger partial charge is 0.303 e. The molecule has 0 saturated heterocycles. The number of hydrogen-bond donors (Lipinski definition) is 0. The third-order valence-electron chi connectivity index (χ3n) is 2.75. The Bertz CT molecular complexity index is 357. The number of benzene rings is 1. The Hall–Kier alpha value is -1.31. The molecule has 2 heteroatoms. The van der Waals surface area contributed by atoms with E-state index in [0.29, 0.717) is 5.92 Å². The number of rotatable bonds is 1. The molecule has 74 valence electrons. The van der Waals surface area contributed by atoms with Gasteiger partial charge in [0.05, 0.1) is 0 Å². The lowest BCUT2D eigenvalue weighted by Gasteiger charge is -2.11. The van der Waals surface area contributed by atoms with Crippen LogP contribution in [0.15, 0.2) is 24.3 Å². The summed E-state index contributed by atoms with van der Waals surface area (Å²) >= 11 is 0. The highest BCUT2D eigenvalue weighted by Crippen LogP contribution is 2.41. The van der Waals surface area contributed by atoms with E-state index in [9.17, 15) is 4.79 Å². The van der Waals surface area contributed by atoms with E-state index >= 15 is 0 Å². The van der Waals surface area contributed by atoms with Crippen LogP contribution in [-0.2, 0) is 9.53 Å². The van der Waals surface area contributed by atoms with Crippen LogP contribution in [0.3, 0.4) is 0 Å². The fourth-order valence-electron chi connectivity index (χ4n) is 2.14. The molecular weight excluding hydrogens is 176 g/mol. The van der Waals surface area contributed by atoms with Gasteiger partial charge in [0, 0.05) is 6.92 Å². The highest BCUT2D eigenvalue weighted by Gasteiger charge is 2.29. The van der Waals surface area contributed by atoms with Crippen molar-refractivity contribution in [2.24, 2.45) is 0 Å². The van der Waals surface area contributed by atoms with Crippen LogP contribution in [0.5, 0.6) is 0 Å². The first-order valence-electron chi connectivity index (χ1n) is 4.94. The van der Waals surface area contributed by atoms with Crippen molar-refractivity contribution in [1.29, 1.82) is 0 Å². The predicted molar refractivity (Wildman–Crippen MR) is 54.0 cm³/mol. The maximum atomic E-state index is 10.9. The van der Waals surface area contributed by atoms with E-state index in [1.165, 1.54) is 18.1 Å². The van der Waals surface area contributed by atoms with Gasteiger partial charge in [-0.3, -0.25) is 4.79 Å². The lowest BCUT2D eigenvalue weighted by atomic mass is 10.0. The maximum absolute atomic E-state index is 10.9. The van der Waals surface area contributed by atoms with E-state index in [1.54, 1.807) is 0 Å². The van der Waals surface area contributed by atoms with E-state index < -0.39 is 0 Å². The van der Waals surface area contributed by atoms with Crippen molar-refractivity contribution in [3.63, 3.8) is 0 Å². The van der Waals surface area contributed by atoms with Gasteiger partial charge in [-0.2, -0.15) is 0 Å². The van der Waals surface area contributed by atoms with Crippen molar-refractivity contribution in [3.8, 4) is 0 Å². The summed E-state index contributed by atoms with van der Waals surface area (Å²) in [5.74, 6) is 0.300. The lowest BCUT2D eigenvalue weighted by Crippen LogP contribution is -2.04. The zero-order valence-electron chi connectivity index (χ0n) is 8.49. The molecule has 0 N–H and O–H groups in total. The molecular formula is C12H14O2. The summed E-state index contributed by atoms with van der Waals surface area (Å²) in [7, 11) is 0. The van der Waals surface area contributed by atoms with E-state index in [0.717, 1.165) is 6.42 Å². The Morgan fingerprint density at radius 2 is 2.00 bits per heavy atom. The average Bonchev–Trinajstić information content (AvgIpc) is 2.44. The van der Waals surface area contributed by atoms with E-state index in [4.69, 9.17) is 4.74 Å². The van der Waals surface area contributed by atoms with Crippen LogP contribution in [0, 0.1) is 0 Å². The van der Waals surface area contributed by atoms with Crippen LogP contribution in [0.25, 0.3) is 0 Å². The molecule has 2 nitrogen and oxygen atoms in total. The van der Waals surface area contributed by atoms with Crippen LogP contribution in [0.2, 0.25) is 0 Å². The molecule has 0 radical (unpaired) electrons. The second-order valence-corrected chi connectivity index (χ2v) is 3.86. The molecule has 1 aliphatic carbocycles. The summed E-state index contributed by atoms with van der Waals surface area (Å²) in [4.78, 5) is 10.9. The van der Waals surface area contributed by atoms with Gasteiger partial charge in [-0.05, 0) is 23.5 Å². The second kappa shape index (κ2) is 3.45.